The molecule has 1 amide bonds. The van der Waals surface area contributed by atoms with Crippen LogP contribution >= 0.6 is 7.82 Å². The van der Waals surface area contributed by atoms with Gasteiger partial charge in [0.05, 0.1) is 39.9 Å². The second-order valence-corrected chi connectivity index (χ2v) is 17.9. The molecule has 318 valence electrons. The molecular formula is C45H88N2O6P+. The van der Waals surface area contributed by atoms with E-state index in [4.69, 9.17) is 9.05 Å². The van der Waals surface area contributed by atoms with Gasteiger partial charge in [0.2, 0.25) is 5.91 Å². The number of aliphatic hydroxyl groups is 1. The average molecular weight is 784 g/mol. The van der Waals surface area contributed by atoms with Gasteiger partial charge in [-0.2, -0.15) is 0 Å². The van der Waals surface area contributed by atoms with Crippen molar-refractivity contribution in [3.63, 3.8) is 0 Å². The Bertz CT molecular complexity index is 980. The van der Waals surface area contributed by atoms with Crippen LogP contribution in [0.25, 0.3) is 0 Å². The van der Waals surface area contributed by atoms with E-state index in [9.17, 15) is 19.4 Å². The van der Waals surface area contributed by atoms with Gasteiger partial charge in [-0.25, -0.2) is 4.57 Å². The van der Waals surface area contributed by atoms with Crippen molar-refractivity contribution in [1.82, 2.24) is 5.32 Å². The van der Waals surface area contributed by atoms with Gasteiger partial charge in [-0.05, 0) is 38.5 Å². The van der Waals surface area contributed by atoms with Gasteiger partial charge in [-0.1, -0.05) is 185 Å². The van der Waals surface area contributed by atoms with Gasteiger partial charge in [0, 0.05) is 6.42 Å². The fraction of sp³-hybridized carbons (Fsp3) is 0.844. The molecule has 0 aromatic carbocycles. The van der Waals surface area contributed by atoms with Crippen LogP contribution in [0.2, 0.25) is 0 Å². The number of unbranched alkanes of at least 4 members (excludes halogenated alkanes) is 23. The molecule has 0 aromatic rings. The highest BCUT2D eigenvalue weighted by Gasteiger charge is 2.27. The molecule has 0 radical (unpaired) electrons. The molecule has 3 atom stereocenters. The molecule has 0 spiro atoms. The van der Waals surface area contributed by atoms with Crippen molar-refractivity contribution in [3.05, 3.63) is 36.5 Å². The first-order valence-electron chi connectivity index (χ1n) is 22.4. The fourth-order valence-corrected chi connectivity index (χ4v) is 6.97. The molecule has 0 aromatic heterocycles. The largest absolute Gasteiger partial charge is 0.472 e. The molecule has 0 saturated heterocycles. The smallest absolute Gasteiger partial charge is 0.387 e. The maximum atomic E-state index is 12.9. The van der Waals surface area contributed by atoms with Crippen LogP contribution in [0.5, 0.6) is 0 Å². The molecule has 8 nitrogen and oxygen atoms in total. The predicted molar refractivity (Wildman–Crippen MR) is 231 cm³/mol. The van der Waals surface area contributed by atoms with Crippen LogP contribution in [0.4, 0.5) is 0 Å². The first-order valence-corrected chi connectivity index (χ1v) is 23.9. The second kappa shape index (κ2) is 37.3. The fourth-order valence-electron chi connectivity index (χ4n) is 6.24. The lowest BCUT2D eigenvalue weighted by atomic mass is 10.0. The molecule has 0 rings (SSSR count). The summed E-state index contributed by atoms with van der Waals surface area (Å²) in [5.41, 5.74) is 0. The summed E-state index contributed by atoms with van der Waals surface area (Å²) in [6, 6.07) is -0.864. The molecule has 0 heterocycles. The first kappa shape index (κ1) is 52.7. The van der Waals surface area contributed by atoms with Crippen molar-refractivity contribution < 1.29 is 32.9 Å². The molecule has 0 aliphatic heterocycles. The number of nitrogens with zero attached hydrogens (tertiary/aromatic N) is 1. The highest BCUT2D eigenvalue weighted by Crippen LogP contribution is 2.43. The lowest BCUT2D eigenvalue weighted by molar-refractivity contribution is -0.870. The van der Waals surface area contributed by atoms with Crippen molar-refractivity contribution in [2.45, 2.75) is 206 Å². The number of hydrogen-bond acceptors (Lipinski definition) is 5. The van der Waals surface area contributed by atoms with Crippen LogP contribution < -0.4 is 5.32 Å². The summed E-state index contributed by atoms with van der Waals surface area (Å²) in [4.78, 5) is 23.1. The maximum absolute atomic E-state index is 12.9. The molecular weight excluding hydrogens is 695 g/mol. The van der Waals surface area contributed by atoms with E-state index in [1.807, 2.05) is 27.2 Å². The number of phosphoric acid groups is 1. The quantitative estimate of drug-likeness (QED) is 0.0247. The first-order chi connectivity index (χ1) is 26.0. The van der Waals surface area contributed by atoms with E-state index >= 15 is 0 Å². The van der Waals surface area contributed by atoms with Gasteiger partial charge < -0.3 is 19.8 Å². The molecule has 3 N–H and O–H groups in total. The molecule has 0 fully saturated rings. The molecule has 0 bridgehead atoms. The minimum Gasteiger partial charge on any atom is -0.387 e. The maximum Gasteiger partial charge on any atom is 0.472 e. The molecule has 0 aliphatic carbocycles. The van der Waals surface area contributed by atoms with E-state index in [0.29, 0.717) is 17.4 Å². The van der Waals surface area contributed by atoms with E-state index in [0.717, 1.165) is 51.4 Å². The normalized spacial score (nSPS) is 14.7. The Morgan fingerprint density at radius 3 is 1.46 bits per heavy atom. The van der Waals surface area contributed by atoms with E-state index in [1.54, 1.807) is 6.08 Å². The minimum absolute atomic E-state index is 0.0544. The Morgan fingerprint density at radius 2 is 1.02 bits per heavy atom. The van der Waals surface area contributed by atoms with Crippen LogP contribution in [0.15, 0.2) is 36.5 Å². The lowest BCUT2D eigenvalue weighted by Gasteiger charge is -2.25. The number of nitrogens with one attached hydrogen (secondary N) is 1. The Balaban J connectivity index is 4.36. The highest BCUT2D eigenvalue weighted by molar-refractivity contribution is 7.47. The van der Waals surface area contributed by atoms with Crippen molar-refractivity contribution in [2.75, 3.05) is 40.9 Å². The Labute approximate surface area is 334 Å². The van der Waals surface area contributed by atoms with Crippen LogP contribution in [-0.4, -0.2) is 73.4 Å². The van der Waals surface area contributed by atoms with Gasteiger partial charge in [-0.15, -0.1) is 0 Å². The number of likely N-dealkylation sites (N-methyl/N-ethyl adjacent to an activating group) is 1. The number of allylic oxidation sites excluding steroid dienone is 5. The summed E-state index contributed by atoms with van der Waals surface area (Å²) in [5, 5.41) is 13.8. The van der Waals surface area contributed by atoms with E-state index in [-0.39, 0.29) is 19.1 Å². The zero-order chi connectivity index (χ0) is 40.0. The predicted octanol–water partition coefficient (Wildman–Crippen LogP) is 12.3. The van der Waals surface area contributed by atoms with E-state index in [1.165, 1.54) is 122 Å². The zero-order valence-electron chi connectivity index (χ0n) is 36.0. The third kappa shape index (κ3) is 39.0. The van der Waals surface area contributed by atoms with Crippen LogP contribution in [0, 0.1) is 0 Å². The molecule has 9 heteroatoms. The third-order valence-corrected chi connectivity index (χ3v) is 10.8. The van der Waals surface area contributed by atoms with Gasteiger partial charge in [0.15, 0.2) is 0 Å². The topological polar surface area (TPSA) is 105 Å². The summed E-state index contributed by atoms with van der Waals surface area (Å²) in [7, 11) is 1.55. The lowest BCUT2D eigenvalue weighted by Crippen LogP contribution is -2.45. The van der Waals surface area contributed by atoms with Gasteiger partial charge >= 0.3 is 7.82 Å². The van der Waals surface area contributed by atoms with Gasteiger partial charge in [0.25, 0.3) is 0 Å². The summed E-state index contributed by atoms with van der Waals surface area (Å²) in [6.45, 7) is 4.74. The zero-order valence-corrected chi connectivity index (χ0v) is 36.9. The third-order valence-electron chi connectivity index (χ3n) is 9.84. The van der Waals surface area contributed by atoms with Crippen molar-refractivity contribution in [1.29, 1.82) is 0 Å². The monoisotopic (exact) mass is 784 g/mol. The van der Waals surface area contributed by atoms with Crippen molar-refractivity contribution in [2.24, 2.45) is 0 Å². The number of phosphoric ester groups is 1. The SMILES string of the molecule is CCCC/C=C/CC/C=C/CC/C=C/C(O)C(COP(=O)(O)OCC[N+](C)(C)C)NC(=O)CCCCCCCCCCCCCCCCCCCCCC. The molecule has 54 heavy (non-hydrogen) atoms. The van der Waals surface area contributed by atoms with Gasteiger partial charge in [0.1, 0.15) is 13.2 Å². The number of quaternary nitrogens is 1. The molecule has 0 saturated carbocycles. The second-order valence-electron chi connectivity index (χ2n) is 16.4. The van der Waals surface area contributed by atoms with E-state index in [2.05, 4.69) is 43.5 Å². The number of aliphatic hydroxyl groups excluding tert-OH is 1. The Morgan fingerprint density at radius 1 is 0.611 bits per heavy atom. The number of carbonyl (C=O) groups is 1. The standard InChI is InChI=1S/C45H87N2O6P/c1-6-8-10-12-14-16-18-20-21-22-23-24-25-26-27-29-31-33-35-37-39-45(49)46-43(42-53-54(50,51)52-41-40-47(3,4)5)44(48)38-36-34-32-30-28-19-17-15-13-11-9-7-2/h13,15,28,30,36,38,43-44,48H,6-12,14,16-27,29,31-35,37,39-42H2,1-5H3,(H-,46,49,50,51)/p+1/b15-13+,30-28+,38-36+. The van der Waals surface area contributed by atoms with Crippen molar-refractivity contribution >= 4 is 13.7 Å². The van der Waals surface area contributed by atoms with Crippen LogP contribution in [0.3, 0.4) is 0 Å². The summed E-state index contributed by atoms with van der Waals surface area (Å²) >= 11 is 0. The molecule has 0 aliphatic rings. The number of carbonyl (C=O) groups excluding carboxylic acids is 1. The highest BCUT2D eigenvalue weighted by atomic mass is 31.2. The Kier molecular flexibility index (Phi) is 36.4. The summed E-state index contributed by atoms with van der Waals surface area (Å²) < 4.78 is 23.5. The number of rotatable bonds is 40. The average Bonchev–Trinajstić information content (AvgIpc) is 3.12. The minimum atomic E-state index is -4.34. The summed E-state index contributed by atoms with van der Waals surface area (Å²) in [6.07, 6.45) is 45.1. The van der Waals surface area contributed by atoms with Crippen LogP contribution in [-0.2, 0) is 18.4 Å². The Hall–Kier alpha value is -1.28. The van der Waals surface area contributed by atoms with Crippen molar-refractivity contribution in [3.8, 4) is 0 Å². The van der Waals surface area contributed by atoms with Crippen LogP contribution in [0.1, 0.15) is 194 Å². The van der Waals surface area contributed by atoms with E-state index < -0.39 is 20.0 Å². The molecule has 3 unspecified atom stereocenters. The number of amides is 1. The summed E-state index contributed by atoms with van der Waals surface area (Å²) in [5.74, 6) is -0.191. The van der Waals surface area contributed by atoms with Gasteiger partial charge in [-0.3, -0.25) is 13.8 Å². The number of hydrogen-bond donors (Lipinski definition) is 3.